The lowest BCUT2D eigenvalue weighted by molar-refractivity contribution is 0.134. The second-order valence-corrected chi connectivity index (χ2v) is 4.06. The van der Waals surface area contributed by atoms with E-state index in [-0.39, 0.29) is 0 Å². The molecule has 1 fully saturated rings. The smallest absolute Gasteiger partial charge is 0.0468 e. The first-order valence-corrected chi connectivity index (χ1v) is 4.95. The van der Waals surface area contributed by atoms with Gasteiger partial charge in [0, 0.05) is 19.8 Å². The molecule has 1 aliphatic heterocycles. The molecule has 1 saturated heterocycles. The van der Waals surface area contributed by atoms with Gasteiger partial charge in [-0.3, -0.25) is 0 Å². The van der Waals surface area contributed by atoms with E-state index in [2.05, 4.69) is 19.2 Å². The van der Waals surface area contributed by atoms with Gasteiger partial charge in [0.05, 0.1) is 0 Å². The maximum Gasteiger partial charge on any atom is 0.0468 e. The molecule has 0 radical (unpaired) electrons. The molecule has 1 aliphatic rings. The Morgan fingerprint density at radius 3 is 2.92 bits per heavy atom. The third kappa shape index (κ3) is 1.99. The van der Waals surface area contributed by atoms with Crippen LogP contribution in [0.25, 0.3) is 0 Å². The lowest BCUT2D eigenvalue weighted by Gasteiger charge is -2.30. The zero-order valence-electron chi connectivity index (χ0n) is 8.52. The van der Waals surface area contributed by atoms with Crippen molar-refractivity contribution in [2.75, 3.05) is 20.3 Å². The molecule has 0 saturated carbocycles. The van der Waals surface area contributed by atoms with Gasteiger partial charge in [0.2, 0.25) is 0 Å². The fraction of sp³-hybridized carbons (Fsp3) is 1.00. The Labute approximate surface area is 75.7 Å². The van der Waals surface area contributed by atoms with Crippen LogP contribution in [0.2, 0.25) is 0 Å². The second kappa shape index (κ2) is 4.24. The maximum atomic E-state index is 5.13. The molecule has 1 heterocycles. The van der Waals surface area contributed by atoms with Crippen LogP contribution >= 0.6 is 0 Å². The van der Waals surface area contributed by atoms with Gasteiger partial charge in [0.25, 0.3) is 0 Å². The number of hydrogen-bond acceptors (Lipinski definition) is 2. The zero-order chi connectivity index (χ0) is 9.03. The van der Waals surface area contributed by atoms with E-state index in [1.54, 1.807) is 7.11 Å². The number of rotatable bonds is 4. The molecular weight excluding hydrogens is 150 g/mol. The van der Waals surface area contributed by atoms with Crippen molar-refractivity contribution >= 4 is 0 Å². The standard InChI is InChI=1S/C10H21NO/c1-4-9-10(2,5-7-11-9)6-8-12-3/h9,11H,4-8H2,1-3H3. The minimum absolute atomic E-state index is 0.477. The molecule has 12 heavy (non-hydrogen) atoms. The normalized spacial score (nSPS) is 35.8. The molecule has 1 rings (SSSR count). The Bertz CT molecular complexity index is 138. The fourth-order valence-electron chi connectivity index (χ4n) is 2.22. The van der Waals surface area contributed by atoms with Crippen LogP contribution in [-0.4, -0.2) is 26.3 Å². The van der Waals surface area contributed by atoms with E-state index in [0.717, 1.165) is 6.61 Å². The van der Waals surface area contributed by atoms with E-state index >= 15 is 0 Å². The van der Waals surface area contributed by atoms with Gasteiger partial charge in [0.1, 0.15) is 0 Å². The van der Waals surface area contributed by atoms with Gasteiger partial charge in [-0.25, -0.2) is 0 Å². The minimum Gasteiger partial charge on any atom is -0.385 e. The van der Waals surface area contributed by atoms with Gasteiger partial charge in [-0.15, -0.1) is 0 Å². The molecule has 0 bridgehead atoms. The second-order valence-electron chi connectivity index (χ2n) is 4.06. The Morgan fingerprint density at radius 1 is 1.58 bits per heavy atom. The molecule has 1 N–H and O–H groups in total. The predicted octanol–water partition coefficient (Wildman–Crippen LogP) is 1.80. The molecular formula is C10H21NO. The van der Waals surface area contributed by atoms with Crippen LogP contribution in [-0.2, 0) is 4.74 Å². The molecule has 2 nitrogen and oxygen atoms in total. The molecule has 0 aromatic rings. The summed E-state index contributed by atoms with van der Waals surface area (Å²) in [5.41, 5.74) is 0.477. The number of nitrogens with one attached hydrogen (secondary N) is 1. The van der Waals surface area contributed by atoms with E-state index in [9.17, 15) is 0 Å². The summed E-state index contributed by atoms with van der Waals surface area (Å²) in [6.07, 6.45) is 3.73. The molecule has 0 aromatic heterocycles. The van der Waals surface area contributed by atoms with Crippen LogP contribution in [0.1, 0.15) is 33.1 Å². The molecule has 2 unspecified atom stereocenters. The highest BCUT2D eigenvalue weighted by molar-refractivity contribution is 4.92. The van der Waals surface area contributed by atoms with Gasteiger partial charge in [-0.05, 0) is 31.2 Å². The van der Waals surface area contributed by atoms with Gasteiger partial charge in [-0.1, -0.05) is 13.8 Å². The molecule has 0 amide bonds. The summed E-state index contributed by atoms with van der Waals surface area (Å²) in [7, 11) is 1.78. The molecule has 0 aromatic carbocycles. The van der Waals surface area contributed by atoms with Gasteiger partial charge in [-0.2, -0.15) is 0 Å². The van der Waals surface area contributed by atoms with Crippen LogP contribution in [0.3, 0.4) is 0 Å². The van der Waals surface area contributed by atoms with Crippen molar-refractivity contribution < 1.29 is 4.74 Å². The van der Waals surface area contributed by atoms with E-state index in [0.29, 0.717) is 11.5 Å². The fourth-order valence-corrected chi connectivity index (χ4v) is 2.22. The molecule has 0 aliphatic carbocycles. The summed E-state index contributed by atoms with van der Waals surface area (Å²) in [5, 5.41) is 3.55. The van der Waals surface area contributed by atoms with E-state index in [1.165, 1.54) is 25.8 Å². The Balaban J connectivity index is 2.43. The van der Waals surface area contributed by atoms with Crippen LogP contribution < -0.4 is 5.32 Å². The quantitative estimate of drug-likeness (QED) is 0.696. The monoisotopic (exact) mass is 171 g/mol. The highest BCUT2D eigenvalue weighted by Gasteiger charge is 2.36. The van der Waals surface area contributed by atoms with E-state index in [4.69, 9.17) is 4.74 Å². The van der Waals surface area contributed by atoms with Crippen LogP contribution in [0.15, 0.2) is 0 Å². The summed E-state index contributed by atoms with van der Waals surface area (Å²) in [4.78, 5) is 0. The van der Waals surface area contributed by atoms with E-state index < -0.39 is 0 Å². The predicted molar refractivity (Wildman–Crippen MR) is 51.3 cm³/mol. The van der Waals surface area contributed by atoms with Crippen molar-refractivity contribution in [3.8, 4) is 0 Å². The van der Waals surface area contributed by atoms with Crippen molar-refractivity contribution in [3.63, 3.8) is 0 Å². The SMILES string of the molecule is CCC1NCCC1(C)CCOC. The van der Waals surface area contributed by atoms with Gasteiger partial charge >= 0.3 is 0 Å². The van der Waals surface area contributed by atoms with Gasteiger partial charge < -0.3 is 10.1 Å². The van der Waals surface area contributed by atoms with Crippen molar-refractivity contribution in [2.45, 2.75) is 39.2 Å². The van der Waals surface area contributed by atoms with E-state index in [1.807, 2.05) is 0 Å². The Hall–Kier alpha value is -0.0800. The number of hydrogen-bond donors (Lipinski definition) is 1. The van der Waals surface area contributed by atoms with Crippen molar-refractivity contribution in [1.82, 2.24) is 5.32 Å². The van der Waals surface area contributed by atoms with Crippen molar-refractivity contribution in [2.24, 2.45) is 5.41 Å². The summed E-state index contributed by atoms with van der Waals surface area (Å²) in [6.45, 7) is 6.71. The molecule has 2 heteroatoms. The number of ether oxygens (including phenoxy) is 1. The molecule has 72 valence electrons. The summed E-state index contributed by atoms with van der Waals surface area (Å²) in [5.74, 6) is 0. The highest BCUT2D eigenvalue weighted by atomic mass is 16.5. The van der Waals surface area contributed by atoms with Crippen molar-refractivity contribution in [3.05, 3.63) is 0 Å². The maximum absolute atomic E-state index is 5.13. The minimum atomic E-state index is 0.477. The highest BCUT2D eigenvalue weighted by Crippen LogP contribution is 2.35. The summed E-state index contributed by atoms with van der Waals surface area (Å²) < 4.78 is 5.13. The first-order chi connectivity index (χ1) is 5.73. The number of methoxy groups -OCH3 is 1. The summed E-state index contributed by atoms with van der Waals surface area (Å²) in [6, 6.07) is 0.702. The zero-order valence-corrected chi connectivity index (χ0v) is 8.52. The van der Waals surface area contributed by atoms with Crippen LogP contribution in [0, 0.1) is 5.41 Å². The van der Waals surface area contributed by atoms with Crippen molar-refractivity contribution in [1.29, 1.82) is 0 Å². The Morgan fingerprint density at radius 2 is 2.33 bits per heavy atom. The largest absolute Gasteiger partial charge is 0.385 e. The molecule has 0 spiro atoms. The van der Waals surface area contributed by atoms with Crippen LogP contribution in [0.5, 0.6) is 0 Å². The lowest BCUT2D eigenvalue weighted by atomic mass is 9.79. The third-order valence-electron chi connectivity index (χ3n) is 3.21. The topological polar surface area (TPSA) is 21.3 Å². The average molecular weight is 171 g/mol. The first-order valence-electron chi connectivity index (χ1n) is 4.95. The Kier molecular flexibility index (Phi) is 3.53. The first kappa shape index (κ1) is 10.0. The average Bonchev–Trinajstić information content (AvgIpc) is 2.44. The molecule has 2 atom stereocenters. The third-order valence-corrected chi connectivity index (χ3v) is 3.21. The van der Waals surface area contributed by atoms with Gasteiger partial charge in [0.15, 0.2) is 0 Å². The lowest BCUT2D eigenvalue weighted by Crippen LogP contribution is -2.34. The van der Waals surface area contributed by atoms with Crippen LogP contribution in [0.4, 0.5) is 0 Å². The summed E-state index contributed by atoms with van der Waals surface area (Å²) >= 11 is 0.